The van der Waals surface area contributed by atoms with E-state index in [4.69, 9.17) is 16.7 Å². The highest BCUT2D eigenvalue weighted by Crippen LogP contribution is 2.21. The number of nitrogens with one attached hydrogen (secondary N) is 1. The van der Waals surface area contributed by atoms with Crippen molar-refractivity contribution in [3.05, 3.63) is 34.6 Å². The van der Waals surface area contributed by atoms with Crippen LogP contribution in [0.3, 0.4) is 0 Å². The number of amides is 1. The van der Waals surface area contributed by atoms with Gasteiger partial charge < -0.3 is 10.4 Å². The second-order valence-electron chi connectivity index (χ2n) is 4.44. The topological polar surface area (TPSA) is 49.3 Å². The van der Waals surface area contributed by atoms with E-state index >= 15 is 0 Å². The molecule has 100 valence electrons. The fraction of sp³-hybridized carbons (Fsp3) is 0.462. The highest BCUT2D eigenvalue weighted by molar-refractivity contribution is 6.33. The van der Waals surface area contributed by atoms with Gasteiger partial charge in [-0.05, 0) is 31.9 Å². The summed E-state index contributed by atoms with van der Waals surface area (Å²) in [7, 11) is 0. The molecule has 1 amide bonds. The Labute approximate surface area is 111 Å². The summed E-state index contributed by atoms with van der Waals surface area (Å²) in [5.74, 6) is -1.21. The molecule has 0 fully saturated rings. The molecule has 0 saturated heterocycles. The molecule has 5 heteroatoms. The molecule has 0 aliphatic rings. The predicted octanol–water partition coefficient (Wildman–Crippen LogP) is 2.76. The lowest BCUT2D eigenvalue weighted by Gasteiger charge is -2.29. The normalized spacial score (nSPS) is 14.1. The summed E-state index contributed by atoms with van der Waals surface area (Å²) in [6, 6.07) is 4.10. The molecule has 0 saturated carbocycles. The number of aliphatic hydroxyl groups is 1. The highest BCUT2D eigenvalue weighted by Gasteiger charge is 2.26. The van der Waals surface area contributed by atoms with E-state index in [1.807, 2.05) is 6.92 Å². The van der Waals surface area contributed by atoms with E-state index in [1.165, 1.54) is 18.2 Å². The van der Waals surface area contributed by atoms with Crippen molar-refractivity contribution in [1.82, 2.24) is 5.32 Å². The van der Waals surface area contributed by atoms with E-state index in [0.717, 1.165) is 0 Å². The van der Waals surface area contributed by atoms with Crippen LogP contribution < -0.4 is 5.32 Å². The van der Waals surface area contributed by atoms with Crippen LogP contribution in [0.25, 0.3) is 0 Å². The van der Waals surface area contributed by atoms with Crippen LogP contribution in [0.15, 0.2) is 18.2 Å². The van der Waals surface area contributed by atoms with Crippen molar-refractivity contribution >= 4 is 17.5 Å². The number of carbonyl (C=O) groups excluding carboxylic acids is 1. The van der Waals surface area contributed by atoms with Crippen LogP contribution in [0.1, 0.15) is 37.0 Å². The van der Waals surface area contributed by atoms with Crippen molar-refractivity contribution in [3.63, 3.8) is 0 Å². The molecule has 1 rings (SSSR count). The summed E-state index contributed by atoms with van der Waals surface area (Å²) in [5, 5.41) is 11.8. The zero-order chi connectivity index (χ0) is 13.8. The first-order valence-corrected chi connectivity index (χ1v) is 6.18. The highest BCUT2D eigenvalue weighted by atomic mass is 35.5. The molecule has 0 aliphatic carbocycles. The molecule has 1 aromatic carbocycles. The minimum atomic E-state index is -0.651. The zero-order valence-corrected chi connectivity index (χ0v) is 11.2. The van der Waals surface area contributed by atoms with Crippen molar-refractivity contribution in [2.75, 3.05) is 6.61 Å². The van der Waals surface area contributed by atoms with E-state index in [2.05, 4.69) is 5.32 Å². The maximum Gasteiger partial charge on any atom is 0.256 e. The number of hydrogen-bond donors (Lipinski definition) is 2. The van der Waals surface area contributed by atoms with Gasteiger partial charge in [0.25, 0.3) is 5.91 Å². The Morgan fingerprint density at radius 1 is 1.56 bits per heavy atom. The van der Waals surface area contributed by atoms with Gasteiger partial charge in [-0.1, -0.05) is 24.6 Å². The van der Waals surface area contributed by atoms with E-state index in [1.54, 1.807) is 6.92 Å². The maximum atomic E-state index is 13.6. The minimum Gasteiger partial charge on any atom is -0.396 e. The van der Waals surface area contributed by atoms with Crippen molar-refractivity contribution in [2.24, 2.45) is 0 Å². The van der Waals surface area contributed by atoms with Gasteiger partial charge in [0.1, 0.15) is 5.82 Å². The van der Waals surface area contributed by atoms with Gasteiger partial charge in [0, 0.05) is 12.1 Å². The third-order valence-corrected chi connectivity index (χ3v) is 3.36. The first-order valence-electron chi connectivity index (χ1n) is 5.81. The first-order chi connectivity index (χ1) is 8.43. The van der Waals surface area contributed by atoms with Crippen LogP contribution in [0.2, 0.25) is 5.02 Å². The quantitative estimate of drug-likeness (QED) is 0.867. The van der Waals surface area contributed by atoms with Crippen LogP contribution >= 0.6 is 11.6 Å². The van der Waals surface area contributed by atoms with Crippen molar-refractivity contribution in [1.29, 1.82) is 0 Å². The summed E-state index contributed by atoms with van der Waals surface area (Å²) in [6.07, 6.45) is 1.03. The van der Waals surface area contributed by atoms with Crippen LogP contribution in [0, 0.1) is 5.82 Å². The average molecular weight is 274 g/mol. The third kappa shape index (κ3) is 3.43. The van der Waals surface area contributed by atoms with Crippen LogP contribution in [-0.4, -0.2) is 23.2 Å². The number of rotatable bonds is 5. The molecule has 1 unspecified atom stereocenters. The average Bonchev–Trinajstić information content (AvgIpc) is 2.29. The van der Waals surface area contributed by atoms with Gasteiger partial charge in [-0.2, -0.15) is 0 Å². The summed E-state index contributed by atoms with van der Waals surface area (Å²) in [5.41, 5.74) is -0.728. The van der Waals surface area contributed by atoms with Gasteiger partial charge in [-0.15, -0.1) is 0 Å². The number of benzene rings is 1. The molecule has 0 heterocycles. The third-order valence-electron chi connectivity index (χ3n) is 3.05. The second kappa shape index (κ2) is 6.16. The molecule has 0 aromatic heterocycles. The molecular formula is C13H17ClFNO2. The molecule has 0 radical (unpaired) electrons. The Kier molecular flexibility index (Phi) is 5.11. The lowest BCUT2D eigenvalue weighted by Crippen LogP contribution is -2.46. The Hall–Kier alpha value is -1.13. The predicted molar refractivity (Wildman–Crippen MR) is 69.3 cm³/mol. The van der Waals surface area contributed by atoms with Crippen molar-refractivity contribution in [2.45, 2.75) is 32.2 Å². The number of carbonyl (C=O) groups is 1. The molecule has 0 spiro atoms. The lowest BCUT2D eigenvalue weighted by atomic mass is 9.94. The maximum absolute atomic E-state index is 13.6. The standard InChI is InChI=1S/C13H17ClFNO2/c1-3-13(2,7-8-17)16-12(18)11-9(14)5-4-6-10(11)15/h4-6,17H,3,7-8H2,1-2H3,(H,16,18). The summed E-state index contributed by atoms with van der Waals surface area (Å²) < 4.78 is 13.6. The van der Waals surface area contributed by atoms with Crippen molar-refractivity contribution in [3.8, 4) is 0 Å². The van der Waals surface area contributed by atoms with Crippen molar-refractivity contribution < 1.29 is 14.3 Å². The van der Waals surface area contributed by atoms with Gasteiger partial charge in [-0.3, -0.25) is 4.79 Å². The molecule has 1 aromatic rings. The van der Waals surface area contributed by atoms with Gasteiger partial charge in [-0.25, -0.2) is 4.39 Å². The van der Waals surface area contributed by atoms with E-state index < -0.39 is 17.3 Å². The molecule has 18 heavy (non-hydrogen) atoms. The van der Waals surface area contributed by atoms with Crippen LogP contribution in [0.4, 0.5) is 4.39 Å². The van der Waals surface area contributed by atoms with Gasteiger partial charge in [0.15, 0.2) is 0 Å². The number of aliphatic hydroxyl groups excluding tert-OH is 1. The van der Waals surface area contributed by atoms with Gasteiger partial charge in [0.2, 0.25) is 0 Å². The Morgan fingerprint density at radius 2 is 2.22 bits per heavy atom. The fourth-order valence-corrected chi connectivity index (χ4v) is 1.87. The molecular weight excluding hydrogens is 257 g/mol. The van der Waals surface area contributed by atoms with Gasteiger partial charge >= 0.3 is 0 Å². The Balaban J connectivity index is 2.95. The minimum absolute atomic E-state index is 0.0460. The Morgan fingerprint density at radius 3 is 2.72 bits per heavy atom. The number of hydrogen-bond acceptors (Lipinski definition) is 2. The van der Waals surface area contributed by atoms with Crippen LogP contribution in [0.5, 0.6) is 0 Å². The first kappa shape index (κ1) is 14.9. The van der Waals surface area contributed by atoms with Crippen LogP contribution in [-0.2, 0) is 0 Å². The summed E-state index contributed by atoms with van der Waals surface area (Å²) in [4.78, 5) is 12.0. The molecule has 3 nitrogen and oxygen atoms in total. The molecule has 2 N–H and O–H groups in total. The van der Waals surface area contributed by atoms with E-state index in [0.29, 0.717) is 12.8 Å². The lowest BCUT2D eigenvalue weighted by molar-refractivity contribution is 0.0882. The molecule has 0 bridgehead atoms. The van der Waals surface area contributed by atoms with E-state index in [-0.39, 0.29) is 17.2 Å². The number of halogens is 2. The van der Waals surface area contributed by atoms with E-state index in [9.17, 15) is 9.18 Å². The zero-order valence-electron chi connectivity index (χ0n) is 10.5. The largest absolute Gasteiger partial charge is 0.396 e. The second-order valence-corrected chi connectivity index (χ2v) is 4.85. The smallest absolute Gasteiger partial charge is 0.256 e. The molecule has 1 atom stereocenters. The Bertz CT molecular complexity index is 419. The fourth-order valence-electron chi connectivity index (χ4n) is 1.63. The van der Waals surface area contributed by atoms with Gasteiger partial charge in [0.05, 0.1) is 10.6 Å². The SMILES string of the molecule is CCC(C)(CCO)NC(=O)c1c(F)cccc1Cl. The summed E-state index contributed by atoms with van der Waals surface area (Å²) in [6.45, 7) is 3.64. The summed E-state index contributed by atoms with van der Waals surface area (Å²) >= 11 is 5.82. The molecule has 0 aliphatic heterocycles. The monoisotopic (exact) mass is 273 g/mol.